The van der Waals surface area contributed by atoms with Gasteiger partial charge in [0.15, 0.2) is 11.6 Å². The Morgan fingerprint density at radius 3 is 2.78 bits per heavy atom. The lowest BCUT2D eigenvalue weighted by molar-refractivity contribution is -0.138. The lowest BCUT2D eigenvalue weighted by Crippen LogP contribution is -2.31. The zero-order valence-electron chi connectivity index (χ0n) is 14.7. The number of amides is 1. The summed E-state index contributed by atoms with van der Waals surface area (Å²) in [4.78, 5) is 30.4. The Kier molecular flexibility index (Phi) is 4.23. The van der Waals surface area contributed by atoms with E-state index < -0.39 is 5.97 Å². The largest absolute Gasteiger partial charge is 0.480 e. The van der Waals surface area contributed by atoms with Crippen LogP contribution in [0, 0.1) is 0 Å². The average molecular weight is 366 g/mol. The number of carbonyl (C=O) groups excluding carboxylic acids is 1. The Morgan fingerprint density at radius 1 is 1.30 bits per heavy atom. The summed E-state index contributed by atoms with van der Waals surface area (Å²) in [5.74, 6) is 0.0810. The topological polar surface area (TPSA) is 101 Å². The van der Waals surface area contributed by atoms with Crippen molar-refractivity contribution in [3.8, 4) is 11.6 Å². The molecule has 1 aliphatic rings. The van der Waals surface area contributed by atoms with Crippen molar-refractivity contribution in [1.82, 2.24) is 19.7 Å². The van der Waals surface area contributed by atoms with Gasteiger partial charge in [0.25, 0.3) is 5.91 Å². The SMILES string of the molecule is CCC(c1nc(-c2ccco2)nn1CC(=O)O)N1Cc2ccccc2C1=O. The molecule has 0 fully saturated rings. The minimum atomic E-state index is -1.03. The maximum atomic E-state index is 12.9. The molecule has 138 valence electrons. The molecule has 4 rings (SSSR count). The zero-order valence-corrected chi connectivity index (χ0v) is 14.7. The third-order valence-corrected chi connectivity index (χ3v) is 4.64. The van der Waals surface area contributed by atoms with E-state index in [0.717, 1.165) is 5.56 Å². The van der Waals surface area contributed by atoms with E-state index in [1.807, 2.05) is 25.1 Å². The van der Waals surface area contributed by atoms with Crippen molar-refractivity contribution in [3.63, 3.8) is 0 Å². The molecule has 2 aromatic heterocycles. The van der Waals surface area contributed by atoms with Crippen molar-refractivity contribution < 1.29 is 19.1 Å². The monoisotopic (exact) mass is 366 g/mol. The number of carboxylic acids is 1. The molecule has 0 radical (unpaired) electrons. The number of aromatic nitrogens is 3. The van der Waals surface area contributed by atoms with Gasteiger partial charge in [-0.1, -0.05) is 25.1 Å². The maximum absolute atomic E-state index is 12.9. The Hall–Kier alpha value is -3.42. The Morgan fingerprint density at radius 2 is 2.11 bits per heavy atom. The van der Waals surface area contributed by atoms with E-state index in [1.54, 1.807) is 23.1 Å². The van der Waals surface area contributed by atoms with Gasteiger partial charge in [0.1, 0.15) is 6.54 Å². The van der Waals surface area contributed by atoms with Crippen LogP contribution in [0.5, 0.6) is 0 Å². The highest BCUT2D eigenvalue weighted by atomic mass is 16.4. The van der Waals surface area contributed by atoms with Gasteiger partial charge < -0.3 is 14.4 Å². The number of carboxylic acid groups (broad SMARTS) is 1. The lowest BCUT2D eigenvalue weighted by Gasteiger charge is -2.26. The number of benzene rings is 1. The van der Waals surface area contributed by atoms with Crippen LogP contribution in [0.3, 0.4) is 0 Å². The van der Waals surface area contributed by atoms with Crippen molar-refractivity contribution in [3.05, 3.63) is 59.6 Å². The van der Waals surface area contributed by atoms with Gasteiger partial charge in [-0.3, -0.25) is 9.59 Å². The van der Waals surface area contributed by atoms with Gasteiger partial charge in [-0.2, -0.15) is 0 Å². The fraction of sp³-hybridized carbons (Fsp3) is 0.263. The van der Waals surface area contributed by atoms with Gasteiger partial charge in [-0.15, -0.1) is 5.10 Å². The molecule has 3 heterocycles. The number of aliphatic carboxylic acids is 1. The van der Waals surface area contributed by atoms with Crippen LogP contribution in [-0.2, 0) is 17.9 Å². The summed E-state index contributed by atoms with van der Waals surface area (Å²) in [6.07, 6.45) is 2.08. The third kappa shape index (κ3) is 2.99. The molecule has 0 saturated heterocycles. The molecule has 0 spiro atoms. The number of hydrogen-bond acceptors (Lipinski definition) is 5. The highest BCUT2D eigenvalue weighted by Gasteiger charge is 2.35. The molecular formula is C19H18N4O4. The normalized spacial score (nSPS) is 14.4. The van der Waals surface area contributed by atoms with E-state index in [0.29, 0.717) is 35.9 Å². The predicted octanol–water partition coefficient (Wildman–Crippen LogP) is 2.73. The molecule has 8 heteroatoms. The van der Waals surface area contributed by atoms with Crippen LogP contribution >= 0.6 is 0 Å². The molecule has 1 atom stereocenters. The van der Waals surface area contributed by atoms with Crippen molar-refractivity contribution in [2.24, 2.45) is 0 Å². The van der Waals surface area contributed by atoms with Crippen LogP contribution < -0.4 is 0 Å². The van der Waals surface area contributed by atoms with E-state index in [2.05, 4.69) is 10.1 Å². The van der Waals surface area contributed by atoms with Gasteiger partial charge in [-0.25, -0.2) is 9.67 Å². The Bertz CT molecular complexity index is 993. The summed E-state index contributed by atoms with van der Waals surface area (Å²) < 4.78 is 6.68. The second-order valence-corrected chi connectivity index (χ2v) is 6.34. The van der Waals surface area contributed by atoms with Crippen LogP contribution in [-0.4, -0.2) is 36.6 Å². The molecular weight excluding hydrogens is 348 g/mol. The first-order chi connectivity index (χ1) is 13.1. The number of hydrogen-bond donors (Lipinski definition) is 1. The van der Waals surface area contributed by atoms with Crippen molar-refractivity contribution >= 4 is 11.9 Å². The first-order valence-electron chi connectivity index (χ1n) is 8.67. The van der Waals surface area contributed by atoms with Crippen LogP contribution in [0.15, 0.2) is 47.1 Å². The molecule has 1 aliphatic heterocycles. The molecule has 27 heavy (non-hydrogen) atoms. The highest BCUT2D eigenvalue weighted by Crippen LogP contribution is 2.33. The zero-order chi connectivity index (χ0) is 19.0. The molecule has 8 nitrogen and oxygen atoms in total. The number of furan rings is 1. The average Bonchev–Trinajstić information content (AvgIpc) is 3.37. The number of nitrogens with zero attached hydrogens (tertiary/aromatic N) is 4. The number of carbonyl (C=O) groups is 2. The number of rotatable bonds is 6. The minimum Gasteiger partial charge on any atom is -0.480 e. The van der Waals surface area contributed by atoms with Gasteiger partial charge in [-0.05, 0) is 30.2 Å². The summed E-state index contributed by atoms with van der Waals surface area (Å²) in [6, 6.07) is 10.5. The van der Waals surface area contributed by atoms with Gasteiger partial charge >= 0.3 is 5.97 Å². The first kappa shape index (κ1) is 17.0. The van der Waals surface area contributed by atoms with Gasteiger partial charge in [0, 0.05) is 12.1 Å². The second-order valence-electron chi connectivity index (χ2n) is 6.34. The third-order valence-electron chi connectivity index (χ3n) is 4.64. The van der Waals surface area contributed by atoms with E-state index in [1.165, 1.54) is 10.9 Å². The molecule has 1 unspecified atom stereocenters. The highest BCUT2D eigenvalue weighted by molar-refractivity contribution is 5.98. The quantitative estimate of drug-likeness (QED) is 0.720. The summed E-state index contributed by atoms with van der Waals surface area (Å²) in [7, 11) is 0. The summed E-state index contributed by atoms with van der Waals surface area (Å²) in [5, 5.41) is 13.6. The van der Waals surface area contributed by atoms with Crippen LogP contribution in [0.25, 0.3) is 11.6 Å². The predicted molar refractivity (Wildman–Crippen MR) is 94.7 cm³/mol. The minimum absolute atomic E-state index is 0.0816. The maximum Gasteiger partial charge on any atom is 0.325 e. The summed E-state index contributed by atoms with van der Waals surface area (Å²) in [6.45, 7) is 2.06. The smallest absolute Gasteiger partial charge is 0.325 e. The van der Waals surface area contributed by atoms with Crippen molar-refractivity contribution in [2.45, 2.75) is 32.5 Å². The Balaban J connectivity index is 1.74. The molecule has 0 bridgehead atoms. The van der Waals surface area contributed by atoms with E-state index in [-0.39, 0.29) is 18.5 Å². The fourth-order valence-corrected chi connectivity index (χ4v) is 3.43. The molecule has 1 N–H and O–H groups in total. The molecule has 3 aromatic rings. The summed E-state index contributed by atoms with van der Waals surface area (Å²) in [5.41, 5.74) is 1.63. The lowest BCUT2D eigenvalue weighted by atomic mass is 10.1. The Labute approximate surface area is 155 Å². The molecule has 0 aliphatic carbocycles. The van der Waals surface area contributed by atoms with E-state index in [9.17, 15) is 14.7 Å². The van der Waals surface area contributed by atoms with Crippen LogP contribution in [0.4, 0.5) is 0 Å². The standard InChI is InChI=1S/C19H18N4O4/c1-2-14(22-10-12-6-3-4-7-13(12)19(22)26)18-20-17(15-8-5-9-27-15)21-23(18)11-16(24)25/h3-9,14H,2,10-11H2,1H3,(H,24,25). The first-order valence-corrected chi connectivity index (χ1v) is 8.67. The van der Waals surface area contributed by atoms with Gasteiger partial charge in [0.05, 0.1) is 12.3 Å². The van der Waals surface area contributed by atoms with Crippen molar-refractivity contribution in [2.75, 3.05) is 0 Å². The van der Waals surface area contributed by atoms with Crippen LogP contribution in [0.2, 0.25) is 0 Å². The summed E-state index contributed by atoms with van der Waals surface area (Å²) >= 11 is 0. The van der Waals surface area contributed by atoms with Gasteiger partial charge in [0.2, 0.25) is 5.82 Å². The molecule has 0 saturated carbocycles. The van der Waals surface area contributed by atoms with E-state index >= 15 is 0 Å². The molecule has 1 amide bonds. The van der Waals surface area contributed by atoms with Crippen LogP contribution in [0.1, 0.15) is 41.1 Å². The second kappa shape index (κ2) is 6.71. The number of fused-ring (bicyclic) bond motifs is 1. The van der Waals surface area contributed by atoms with E-state index in [4.69, 9.17) is 4.42 Å². The van der Waals surface area contributed by atoms with Crippen molar-refractivity contribution in [1.29, 1.82) is 0 Å². The molecule has 1 aromatic carbocycles. The fourth-order valence-electron chi connectivity index (χ4n) is 3.43.